The second-order valence-corrected chi connectivity index (χ2v) is 5.51. The predicted octanol–water partition coefficient (Wildman–Crippen LogP) is 2.94. The first kappa shape index (κ1) is 14.6. The van der Waals surface area contributed by atoms with Crippen molar-refractivity contribution >= 4 is 0 Å². The molecule has 3 unspecified atom stereocenters. The van der Waals surface area contributed by atoms with Crippen LogP contribution in [0.5, 0.6) is 5.75 Å². The van der Waals surface area contributed by atoms with E-state index >= 15 is 0 Å². The Morgan fingerprint density at radius 2 is 1.77 bits per heavy atom. The number of benzene rings is 2. The second kappa shape index (κ2) is 5.84. The van der Waals surface area contributed by atoms with Gasteiger partial charge in [-0.25, -0.2) is 0 Å². The van der Waals surface area contributed by atoms with E-state index in [2.05, 4.69) is 11.8 Å². The summed E-state index contributed by atoms with van der Waals surface area (Å²) in [6.45, 7) is 1.69. The standard InChI is InChI=1S/C19H18O3/c1-19(20,13-12-14-8-10-16(21-2)11-9-14)18-17(22-18)15-6-4-3-5-7-15/h3-11,17-18,20H,1-2H3. The molecule has 3 rings (SSSR count). The van der Waals surface area contributed by atoms with E-state index in [1.165, 1.54) is 0 Å². The molecule has 0 amide bonds. The molecule has 3 atom stereocenters. The van der Waals surface area contributed by atoms with Gasteiger partial charge < -0.3 is 14.6 Å². The van der Waals surface area contributed by atoms with Gasteiger partial charge in [-0.1, -0.05) is 42.2 Å². The molecule has 2 aromatic rings. The summed E-state index contributed by atoms with van der Waals surface area (Å²) in [6.07, 6.45) is -0.373. The third kappa shape index (κ3) is 3.14. The van der Waals surface area contributed by atoms with Crippen LogP contribution in [-0.4, -0.2) is 23.9 Å². The Labute approximate surface area is 130 Å². The van der Waals surface area contributed by atoms with Crippen LogP contribution < -0.4 is 4.74 Å². The lowest BCUT2D eigenvalue weighted by Gasteiger charge is -2.12. The number of hydrogen-bond donors (Lipinski definition) is 1. The van der Waals surface area contributed by atoms with E-state index in [9.17, 15) is 5.11 Å². The Morgan fingerprint density at radius 3 is 2.41 bits per heavy atom. The van der Waals surface area contributed by atoms with E-state index < -0.39 is 5.60 Å². The minimum Gasteiger partial charge on any atom is -0.497 e. The fraction of sp³-hybridized carbons (Fsp3) is 0.263. The fourth-order valence-corrected chi connectivity index (χ4v) is 2.38. The minimum absolute atomic E-state index is 0.0821. The predicted molar refractivity (Wildman–Crippen MR) is 84.6 cm³/mol. The Hall–Kier alpha value is -2.28. The average molecular weight is 294 g/mol. The van der Waals surface area contributed by atoms with Gasteiger partial charge in [-0.05, 0) is 36.8 Å². The molecule has 0 spiro atoms. The molecule has 1 heterocycles. The highest BCUT2D eigenvalue weighted by Crippen LogP contribution is 2.44. The molecule has 0 radical (unpaired) electrons. The second-order valence-electron chi connectivity index (χ2n) is 5.51. The molecule has 1 saturated heterocycles. The van der Waals surface area contributed by atoms with Gasteiger partial charge >= 0.3 is 0 Å². The van der Waals surface area contributed by atoms with Gasteiger partial charge in [0.1, 0.15) is 18.0 Å². The zero-order valence-electron chi connectivity index (χ0n) is 12.6. The fourth-order valence-electron chi connectivity index (χ4n) is 2.38. The molecule has 0 saturated carbocycles. The molecule has 1 aliphatic heterocycles. The molecule has 1 N–H and O–H groups in total. The quantitative estimate of drug-likeness (QED) is 0.699. The summed E-state index contributed by atoms with van der Waals surface area (Å²) in [4.78, 5) is 0. The highest BCUT2D eigenvalue weighted by molar-refractivity contribution is 5.40. The van der Waals surface area contributed by atoms with E-state index in [-0.39, 0.29) is 12.2 Å². The van der Waals surface area contributed by atoms with E-state index in [4.69, 9.17) is 9.47 Å². The van der Waals surface area contributed by atoms with Crippen LogP contribution in [0.25, 0.3) is 0 Å². The number of aliphatic hydroxyl groups is 1. The first-order chi connectivity index (χ1) is 10.6. The Morgan fingerprint density at radius 1 is 1.09 bits per heavy atom. The normalized spacial score (nSPS) is 22.1. The Kier molecular flexibility index (Phi) is 3.89. The van der Waals surface area contributed by atoms with Gasteiger partial charge in [-0.2, -0.15) is 0 Å². The zero-order chi connectivity index (χ0) is 15.6. The Bertz CT molecular complexity index is 693. The number of methoxy groups -OCH3 is 1. The molecule has 2 aromatic carbocycles. The van der Waals surface area contributed by atoms with Crippen molar-refractivity contribution in [1.82, 2.24) is 0 Å². The first-order valence-electron chi connectivity index (χ1n) is 7.20. The molecule has 112 valence electrons. The van der Waals surface area contributed by atoms with Crippen LogP contribution in [0.2, 0.25) is 0 Å². The minimum atomic E-state index is -1.18. The molecule has 0 aliphatic carbocycles. The van der Waals surface area contributed by atoms with Crippen LogP contribution in [0.1, 0.15) is 24.2 Å². The van der Waals surface area contributed by atoms with Crippen molar-refractivity contribution in [3.63, 3.8) is 0 Å². The van der Waals surface area contributed by atoms with Crippen molar-refractivity contribution < 1.29 is 14.6 Å². The number of ether oxygens (including phenoxy) is 2. The van der Waals surface area contributed by atoms with E-state index in [1.54, 1.807) is 14.0 Å². The summed E-state index contributed by atoms with van der Waals surface area (Å²) in [5.74, 6) is 6.69. The van der Waals surface area contributed by atoms with Crippen molar-refractivity contribution in [2.24, 2.45) is 0 Å². The van der Waals surface area contributed by atoms with Gasteiger partial charge in [0.15, 0.2) is 5.60 Å². The summed E-state index contributed by atoms with van der Waals surface area (Å²) in [6, 6.07) is 17.3. The van der Waals surface area contributed by atoms with Gasteiger partial charge in [0.05, 0.1) is 7.11 Å². The topological polar surface area (TPSA) is 42.0 Å². The van der Waals surface area contributed by atoms with Crippen LogP contribution in [0.15, 0.2) is 54.6 Å². The molecule has 1 aliphatic rings. The smallest absolute Gasteiger partial charge is 0.151 e. The maximum Gasteiger partial charge on any atom is 0.151 e. The molecule has 0 bridgehead atoms. The highest BCUT2D eigenvalue weighted by atomic mass is 16.6. The molecule has 3 heteroatoms. The van der Waals surface area contributed by atoms with Gasteiger partial charge in [0.25, 0.3) is 0 Å². The van der Waals surface area contributed by atoms with Crippen LogP contribution >= 0.6 is 0 Å². The molecule has 0 aromatic heterocycles. The SMILES string of the molecule is COc1ccc(C#CC(C)(O)C2OC2c2ccccc2)cc1. The van der Waals surface area contributed by atoms with E-state index in [1.807, 2.05) is 54.6 Å². The largest absolute Gasteiger partial charge is 0.497 e. The Balaban J connectivity index is 1.71. The van der Waals surface area contributed by atoms with Gasteiger partial charge in [0.2, 0.25) is 0 Å². The highest BCUT2D eigenvalue weighted by Gasteiger charge is 2.51. The zero-order valence-corrected chi connectivity index (χ0v) is 12.6. The number of hydrogen-bond acceptors (Lipinski definition) is 3. The summed E-state index contributed by atoms with van der Waals surface area (Å²) >= 11 is 0. The average Bonchev–Trinajstić information content (AvgIpc) is 3.36. The van der Waals surface area contributed by atoms with Crippen molar-refractivity contribution in [2.75, 3.05) is 7.11 Å². The summed E-state index contributed by atoms with van der Waals surface area (Å²) in [5, 5.41) is 10.5. The molecule has 1 fully saturated rings. The van der Waals surface area contributed by atoms with Gasteiger partial charge in [-0.15, -0.1) is 0 Å². The lowest BCUT2D eigenvalue weighted by Crippen LogP contribution is -2.29. The van der Waals surface area contributed by atoms with Crippen LogP contribution in [0, 0.1) is 11.8 Å². The summed E-state index contributed by atoms with van der Waals surface area (Å²) in [7, 11) is 1.62. The maximum atomic E-state index is 10.5. The van der Waals surface area contributed by atoms with Crippen molar-refractivity contribution in [1.29, 1.82) is 0 Å². The van der Waals surface area contributed by atoms with Crippen molar-refractivity contribution in [3.05, 3.63) is 65.7 Å². The summed E-state index contributed by atoms with van der Waals surface area (Å²) in [5.41, 5.74) is 0.720. The molecular formula is C19H18O3. The van der Waals surface area contributed by atoms with Crippen molar-refractivity contribution in [2.45, 2.75) is 24.7 Å². The van der Waals surface area contributed by atoms with E-state index in [0.717, 1.165) is 16.9 Å². The summed E-state index contributed by atoms with van der Waals surface area (Å²) < 4.78 is 10.7. The maximum absolute atomic E-state index is 10.5. The van der Waals surface area contributed by atoms with E-state index in [0.29, 0.717) is 0 Å². The van der Waals surface area contributed by atoms with Gasteiger partial charge in [0, 0.05) is 5.56 Å². The lowest BCUT2D eigenvalue weighted by molar-refractivity contribution is 0.0863. The third-order valence-corrected chi connectivity index (χ3v) is 3.72. The molecule has 22 heavy (non-hydrogen) atoms. The molecule has 3 nitrogen and oxygen atoms in total. The number of epoxide rings is 1. The first-order valence-corrected chi connectivity index (χ1v) is 7.20. The lowest BCUT2D eigenvalue weighted by atomic mass is 9.97. The third-order valence-electron chi connectivity index (χ3n) is 3.72. The van der Waals surface area contributed by atoms with Crippen LogP contribution in [0.4, 0.5) is 0 Å². The number of rotatable bonds is 3. The van der Waals surface area contributed by atoms with Crippen molar-refractivity contribution in [3.8, 4) is 17.6 Å². The van der Waals surface area contributed by atoms with Gasteiger partial charge in [-0.3, -0.25) is 0 Å². The monoisotopic (exact) mass is 294 g/mol. The van der Waals surface area contributed by atoms with Crippen LogP contribution in [0.3, 0.4) is 0 Å². The van der Waals surface area contributed by atoms with Crippen LogP contribution in [-0.2, 0) is 4.74 Å². The molecular weight excluding hydrogens is 276 g/mol.